The summed E-state index contributed by atoms with van der Waals surface area (Å²) < 4.78 is 10.7. The van der Waals surface area contributed by atoms with E-state index in [1.54, 1.807) is 7.11 Å². The second-order valence-electron chi connectivity index (χ2n) is 5.96. The number of rotatable bonds is 4. The van der Waals surface area contributed by atoms with Crippen molar-refractivity contribution in [1.29, 1.82) is 0 Å². The molecule has 1 saturated heterocycles. The van der Waals surface area contributed by atoms with Gasteiger partial charge in [0.1, 0.15) is 5.75 Å². The highest BCUT2D eigenvalue weighted by Crippen LogP contribution is 2.29. The summed E-state index contributed by atoms with van der Waals surface area (Å²) in [5.74, 6) is 1.16. The summed E-state index contributed by atoms with van der Waals surface area (Å²) in [5.41, 5.74) is 1.05. The van der Waals surface area contributed by atoms with E-state index in [0.717, 1.165) is 11.3 Å². The van der Waals surface area contributed by atoms with E-state index in [0.29, 0.717) is 19.7 Å². The summed E-state index contributed by atoms with van der Waals surface area (Å²) >= 11 is 0. The zero-order valence-electron chi connectivity index (χ0n) is 13.3. The molecule has 4 heteroatoms. The van der Waals surface area contributed by atoms with E-state index in [4.69, 9.17) is 9.47 Å². The largest absolute Gasteiger partial charge is 0.497 e. The van der Waals surface area contributed by atoms with Crippen LogP contribution < -0.4 is 4.74 Å². The van der Waals surface area contributed by atoms with Gasteiger partial charge in [-0.2, -0.15) is 0 Å². The van der Waals surface area contributed by atoms with E-state index in [1.165, 1.54) is 0 Å². The number of hydrogen-bond acceptors (Lipinski definition) is 3. The highest BCUT2D eigenvalue weighted by molar-refractivity contribution is 5.84. The van der Waals surface area contributed by atoms with E-state index < -0.39 is 0 Å². The first-order valence-electron chi connectivity index (χ1n) is 7.57. The van der Waals surface area contributed by atoms with Gasteiger partial charge in [0.25, 0.3) is 0 Å². The molecule has 116 valence electrons. The zero-order valence-corrected chi connectivity index (χ0v) is 13.3. The molecule has 1 amide bonds. The Balaban J connectivity index is 2.19. The van der Waals surface area contributed by atoms with Crippen molar-refractivity contribution >= 4 is 5.91 Å². The predicted octanol–water partition coefficient (Wildman–Crippen LogP) is 2.68. The molecule has 1 aromatic carbocycles. The van der Waals surface area contributed by atoms with Crippen LogP contribution in [-0.4, -0.2) is 43.7 Å². The number of benzene rings is 1. The maximum Gasteiger partial charge on any atom is 0.230 e. The lowest BCUT2D eigenvalue weighted by atomic mass is 9.87. The molecule has 2 atom stereocenters. The van der Waals surface area contributed by atoms with E-state index in [9.17, 15) is 4.79 Å². The molecule has 1 fully saturated rings. The Hall–Kier alpha value is -1.55. The maximum absolute atomic E-state index is 12.9. The van der Waals surface area contributed by atoms with Crippen LogP contribution in [0, 0.1) is 5.92 Å². The Morgan fingerprint density at radius 2 is 2.00 bits per heavy atom. The molecule has 2 rings (SSSR count). The molecule has 1 aromatic rings. The minimum Gasteiger partial charge on any atom is -0.497 e. The number of amides is 1. The maximum atomic E-state index is 12.9. The molecule has 0 N–H and O–H groups in total. The van der Waals surface area contributed by atoms with Crippen LogP contribution in [0.3, 0.4) is 0 Å². The van der Waals surface area contributed by atoms with Crippen molar-refractivity contribution in [2.24, 2.45) is 5.92 Å². The first-order valence-corrected chi connectivity index (χ1v) is 7.57. The van der Waals surface area contributed by atoms with Crippen molar-refractivity contribution in [2.45, 2.75) is 32.8 Å². The number of carbonyl (C=O) groups is 1. The van der Waals surface area contributed by atoms with Gasteiger partial charge in [-0.1, -0.05) is 26.0 Å². The fraction of sp³-hybridized carbons (Fsp3) is 0.588. The van der Waals surface area contributed by atoms with Crippen LogP contribution in [0.25, 0.3) is 0 Å². The SMILES string of the molecule is COc1ccc(C(C(=O)N2CCOC(C)C2)C(C)C)cc1. The van der Waals surface area contributed by atoms with Gasteiger partial charge in [-0.05, 0) is 30.5 Å². The van der Waals surface area contributed by atoms with Crippen LogP contribution in [0.15, 0.2) is 24.3 Å². The second-order valence-corrected chi connectivity index (χ2v) is 5.96. The molecule has 2 unspecified atom stereocenters. The van der Waals surface area contributed by atoms with Crippen LogP contribution in [0.1, 0.15) is 32.3 Å². The lowest BCUT2D eigenvalue weighted by Gasteiger charge is -2.35. The second kappa shape index (κ2) is 6.94. The summed E-state index contributed by atoms with van der Waals surface area (Å²) in [6, 6.07) is 7.82. The van der Waals surface area contributed by atoms with E-state index in [2.05, 4.69) is 13.8 Å². The van der Waals surface area contributed by atoms with Gasteiger partial charge in [-0.3, -0.25) is 4.79 Å². The van der Waals surface area contributed by atoms with Crippen molar-refractivity contribution in [3.8, 4) is 5.75 Å². The molecule has 1 heterocycles. The van der Waals surface area contributed by atoms with Crippen molar-refractivity contribution < 1.29 is 14.3 Å². The van der Waals surface area contributed by atoms with E-state index in [-0.39, 0.29) is 23.8 Å². The lowest BCUT2D eigenvalue weighted by molar-refractivity contribution is -0.140. The third-order valence-corrected chi connectivity index (χ3v) is 3.96. The third kappa shape index (κ3) is 3.76. The summed E-state index contributed by atoms with van der Waals surface area (Å²) in [7, 11) is 1.65. The monoisotopic (exact) mass is 291 g/mol. The van der Waals surface area contributed by atoms with Gasteiger partial charge in [-0.25, -0.2) is 0 Å². The zero-order chi connectivity index (χ0) is 15.4. The molecule has 1 aliphatic rings. The van der Waals surface area contributed by atoms with Gasteiger partial charge in [0, 0.05) is 13.1 Å². The highest BCUT2D eigenvalue weighted by Gasteiger charge is 2.31. The first-order chi connectivity index (χ1) is 10.0. The molecule has 0 radical (unpaired) electrons. The van der Waals surface area contributed by atoms with Crippen LogP contribution in [-0.2, 0) is 9.53 Å². The Labute approximate surface area is 127 Å². The number of carbonyl (C=O) groups excluding carboxylic acids is 1. The summed E-state index contributed by atoms with van der Waals surface area (Å²) in [6.45, 7) is 8.19. The fourth-order valence-electron chi connectivity index (χ4n) is 2.84. The molecule has 0 aromatic heterocycles. The molecular formula is C17H25NO3. The van der Waals surface area contributed by atoms with Crippen molar-refractivity contribution in [3.63, 3.8) is 0 Å². The molecule has 0 spiro atoms. The highest BCUT2D eigenvalue weighted by atomic mass is 16.5. The van der Waals surface area contributed by atoms with Gasteiger partial charge in [0.2, 0.25) is 5.91 Å². The van der Waals surface area contributed by atoms with Crippen LogP contribution >= 0.6 is 0 Å². The van der Waals surface area contributed by atoms with E-state index >= 15 is 0 Å². The quantitative estimate of drug-likeness (QED) is 0.856. The van der Waals surface area contributed by atoms with Gasteiger partial charge >= 0.3 is 0 Å². The standard InChI is InChI=1S/C17H25NO3/c1-12(2)16(14-5-7-15(20-4)8-6-14)17(19)18-9-10-21-13(3)11-18/h5-8,12-13,16H,9-11H2,1-4H3. The molecule has 0 bridgehead atoms. The molecule has 4 nitrogen and oxygen atoms in total. The molecule has 21 heavy (non-hydrogen) atoms. The third-order valence-electron chi connectivity index (χ3n) is 3.96. The van der Waals surface area contributed by atoms with Gasteiger partial charge < -0.3 is 14.4 Å². The number of hydrogen-bond donors (Lipinski definition) is 0. The van der Waals surface area contributed by atoms with Gasteiger partial charge in [0.05, 0.1) is 25.7 Å². The number of methoxy groups -OCH3 is 1. The summed E-state index contributed by atoms with van der Waals surface area (Å²) in [4.78, 5) is 14.8. The average Bonchev–Trinajstić information content (AvgIpc) is 2.47. The number of ether oxygens (including phenoxy) is 2. The molecule has 0 aliphatic carbocycles. The minimum atomic E-state index is -0.110. The number of morpholine rings is 1. The molecule has 1 aliphatic heterocycles. The van der Waals surface area contributed by atoms with Crippen LogP contribution in [0.5, 0.6) is 5.75 Å². The van der Waals surface area contributed by atoms with Gasteiger partial charge in [-0.15, -0.1) is 0 Å². The van der Waals surface area contributed by atoms with Crippen LogP contribution in [0.4, 0.5) is 0 Å². The summed E-state index contributed by atoms with van der Waals surface area (Å²) in [6.07, 6.45) is 0.117. The van der Waals surface area contributed by atoms with Crippen LogP contribution in [0.2, 0.25) is 0 Å². The predicted molar refractivity (Wildman–Crippen MR) is 82.6 cm³/mol. The minimum absolute atomic E-state index is 0.110. The first kappa shape index (κ1) is 15.8. The Bertz CT molecular complexity index is 469. The van der Waals surface area contributed by atoms with Crippen molar-refractivity contribution in [2.75, 3.05) is 26.8 Å². The topological polar surface area (TPSA) is 38.8 Å². The van der Waals surface area contributed by atoms with E-state index in [1.807, 2.05) is 36.1 Å². The molecule has 0 saturated carbocycles. The normalized spacial score (nSPS) is 20.4. The van der Waals surface area contributed by atoms with Gasteiger partial charge in [0.15, 0.2) is 0 Å². The summed E-state index contributed by atoms with van der Waals surface area (Å²) in [5, 5.41) is 0. The number of nitrogens with zero attached hydrogens (tertiary/aromatic N) is 1. The molecular weight excluding hydrogens is 266 g/mol. The average molecular weight is 291 g/mol. The Morgan fingerprint density at radius 3 is 2.52 bits per heavy atom. The Morgan fingerprint density at radius 1 is 1.33 bits per heavy atom. The lowest BCUT2D eigenvalue weighted by Crippen LogP contribution is -2.47. The fourth-order valence-corrected chi connectivity index (χ4v) is 2.84. The smallest absolute Gasteiger partial charge is 0.230 e. The van der Waals surface area contributed by atoms with Crippen molar-refractivity contribution in [3.05, 3.63) is 29.8 Å². The van der Waals surface area contributed by atoms with Crippen molar-refractivity contribution in [1.82, 2.24) is 4.90 Å². The Kier molecular flexibility index (Phi) is 5.23.